The van der Waals surface area contributed by atoms with Crippen LogP contribution < -0.4 is 5.32 Å². The Bertz CT molecular complexity index is 329. The van der Waals surface area contributed by atoms with Crippen molar-refractivity contribution in [2.75, 3.05) is 13.1 Å². The molecule has 0 aliphatic heterocycles. The predicted molar refractivity (Wildman–Crippen MR) is 66.8 cm³/mol. The van der Waals surface area contributed by atoms with E-state index in [4.69, 9.17) is 11.6 Å². The van der Waals surface area contributed by atoms with Crippen LogP contribution >= 0.6 is 11.6 Å². The number of halogens is 1. The van der Waals surface area contributed by atoms with Crippen molar-refractivity contribution in [1.29, 1.82) is 0 Å². The van der Waals surface area contributed by atoms with Crippen LogP contribution in [0.3, 0.4) is 0 Å². The Kier molecular flexibility index (Phi) is 4.24. The van der Waals surface area contributed by atoms with Crippen molar-refractivity contribution in [3.63, 3.8) is 0 Å². The van der Waals surface area contributed by atoms with E-state index in [2.05, 4.69) is 10.4 Å². The lowest BCUT2D eigenvalue weighted by Crippen LogP contribution is -2.25. The first-order chi connectivity index (χ1) is 7.77. The molecule has 16 heavy (non-hydrogen) atoms. The highest BCUT2D eigenvalue weighted by molar-refractivity contribution is 6.31. The Hall–Kier alpha value is -0.540. The molecule has 0 amide bonds. The van der Waals surface area contributed by atoms with E-state index in [0.29, 0.717) is 0 Å². The zero-order valence-corrected chi connectivity index (χ0v) is 10.6. The molecule has 1 heterocycles. The number of nitrogens with zero attached hydrogens (tertiary/aromatic N) is 2. The van der Waals surface area contributed by atoms with Crippen LogP contribution in [0.25, 0.3) is 0 Å². The summed E-state index contributed by atoms with van der Waals surface area (Å²) in [5.74, 6) is 0.905. The minimum atomic E-state index is 0.760. The molecule has 1 N–H and O–H groups in total. The summed E-state index contributed by atoms with van der Waals surface area (Å²) < 4.78 is 1.96. The number of aromatic nitrogens is 2. The SMILES string of the molecule is Cc1c(Cl)cnn1CCNCC1CCCC1. The first kappa shape index (κ1) is 11.9. The van der Waals surface area contributed by atoms with Gasteiger partial charge in [0.15, 0.2) is 0 Å². The molecule has 0 atom stereocenters. The Morgan fingerprint density at radius 3 is 2.88 bits per heavy atom. The number of nitrogens with one attached hydrogen (secondary N) is 1. The molecule has 1 aliphatic rings. The Balaban J connectivity index is 1.66. The molecule has 1 aromatic rings. The lowest BCUT2D eigenvalue weighted by atomic mass is 10.1. The van der Waals surface area contributed by atoms with Gasteiger partial charge in [-0.05, 0) is 32.2 Å². The second-order valence-corrected chi connectivity index (χ2v) is 5.06. The normalized spacial score (nSPS) is 17.1. The van der Waals surface area contributed by atoms with Gasteiger partial charge in [-0.2, -0.15) is 5.10 Å². The van der Waals surface area contributed by atoms with Crippen molar-refractivity contribution in [2.45, 2.75) is 39.2 Å². The fourth-order valence-corrected chi connectivity index (χ4v) is 2.50. The molecule has 1 fully saturated rings. The predicted octanol–water partition coefficient (Wildman–Crippen LogP) is 2.62. The van der Waals surface area contributed by atoms with E-state index in [1.807, 2.05) is 11.6 Å². The highest BCUT2D eigenvalue weighted by Gasteiger charge is 2.13. The van der Waals surface area contributed by atoms with E-state index >= 15 is 0 Å². The van der Waals surface area contributed by atoms with Crippen LogP contribution in [0.5, 0.6) is 0 Å². The second kappa shape index (κ2) is 5.69. The van der Waals surface area contributed by atoms with Crippen LogP contribution in [-0.4, -0.2) is 22.9 Å². The zero-order chi connectivity index (χ0) is 11.4. The van der Waals surface area contributed by atoms with Crippen molar-refractivity contribution in [2.24, 2.45) is 5.92 Å². The summed E-state index contributed by atoms with van der Waals surface area (Å²) in [4.78, 5) is 0. The van der Waals surface area contributed by atoms with E-state index in [0.717, 1.165) is 36.3 Å². The number of rotatable bonds is 5. The summed E-state index contributed by atoms with van der Waals surface area (Å²) in [5, 5.41) is 8.50. The smallest absolute Gasteiger partial charge is 0.0814 e. The third-order valence-corrected chi connectivity index (χ3v) is 3.82. The summed E-state index contributed by atoms with van der Waals surface area (Å²) in [5.41, 5.74) is 1.06. The average Bonchev–Trinajstić information content (AvgIpc) is 2.88. The van der Waals surface area contributed by atoms with Gasteiger partial charge in [0, 0.05) is 6.54 Å². The van der Waals surface area contributed by atoms with Crippen LogP contribution in [0.2, 0.25) is 5.02 Å². The molecule has 4 heteroatoms. The molecule has 0 spiro atoms. The quantitative estimate of drug-likeness (QED) is 0.804. The summed E-state index contributed by atoms with van der Waals surface area (Å²) in [6, 6.07) is 0. The Morgan fingerprint density at radius 2 is 2.25 bits per heavy atom. The lowest BCUT2D eigenvalue weighted by Gasteiger charge is -2.11. The monoisotopic (exact) mass is 241 g/mol. The van der Waals surface area contributed by atoms with Crippen LogP contribution in [0.4, 0.5) is 0 Å². The highest BCUT2D eigenvalue weighted by atomic mass is 35.5. The maximum absolute atomic E-state index is 5.94. The largest absolute Gasteiger partial charge is 0.315 e. The first-order valence-corrected chi connectivity index (χ1v) is 6.54. The van der Waals surface area contributed by atoms with Crippen LogP contribution in [0.1, 0.15) is 31.4 Å². The number of hydrogen-bond acceptors (Lipinski definition) is 2. The first-order valence-electron chi connectivity index (χ1n) is 6.16. The van der Waals surface area contributed by atoms with E-state index < -0.39 is 0 Å². The molecule has 3 nitrogen and oxygen atoms in total. The fraction of sp³-hybridized carbons (Fsp3) is 0.750. The molecule has 0 aromatic carbocycles. The maximum atomic E-state index is 5.94. The summed E-state index contributed by atoms with van der Waals surface area (Å²) >= 11 is 5.94. The Morgan fingerprint density at radius 1 is 1.50 bits per heavy atom. The van der Waals surface area contributed by atoms with Crippen molar-refractivity contribution in [1.82, 2.24) is 15.1 Å². The Labute approximate surface area is 102 Å². The van der Waals surface area contributed by atoms with E-state index in [9.17, 15) is 0 Å². The highest BCUT2D eigenvalue weighted by Crippen LogP contribution is 2.23. The van der Waals surface area contributed by atoms with Crippen LogP contribution in [-0.2, 0) is 6.54 Å². The van der Waals surface area contributed by atoms with Crippen molar-refractivity contribution in [3.8, 4) is 0 Å². The average molecular weight is 242 g/mol. The van der Waals surface area contributed by atoms with E-state index in [1.165, 1.54) is 25.7 Å². The molecule has 0 unspecified atom stereocenters. The van der Waals surface area contributed by atoms with Gasteiger partial charge < -0.3 is 5.32 Å². The molecule has 0 saturated heterocycles. The van der Waals surface area contributed by atoms with E-state index in [1.54, 1.807) is 6.20 Å². The van der Waals surface area contributed by atoms with Gasteiger partial charge in [0.05, 0.1) is 23.5 Å². The summed E-state index contributed by atoms with van der Waals surface area (Å²) in [6.45, 7) is 5.06. The van der Waals surface area contributed by atoms with E-state index in [-0.39, 0.29) is 0 Å². The van der Waals surface area contributed by atoms with Gasteiger partial charge >= 0.3 is 0 Å². The molecule has 1 saturated carbocycles. The molecular formula is C12H20ClN3. The fourth-order valence-electron chi connectivity index (χ4n) is 2.35. The summed E-state index contributed by atoms with van der Waals surface area (Å²) in [6.07, 6.45) is 7.35. The molecule has 1 aromatic heterocycles. The zero-order valence-electron chi connectivity index (χ0n) is 9.88. The molecule has 0 radical (unpaired) electrons. The second-order valence-electron chi connectivity index (χ2n) is 4.66. The minimum absolute atomic E-state index is 0.760. The topological polar surface area (TPSA) is 29.9 Å². The van der Waals surface area contributed by atoms with Gasteiger partial charge in [0.1, 0.15) is 0 Å². The van der Waals surface area contributed by atoms with Gasteiger partial charge in [0.2, 0.25) is 0 Å². The molecular weight excluding hydrogens is 222 g/mol. The van der Waals surface area contributed by atoms with Crippen LogP contribution in [0, 0.1) is 12.8 Å². The van der Waals surface area contributed by atoms with Gasteiger partial charge in [-0.15, -0.1) is 0 Å². The summed E-state index contributed by atoms with van der Waals surface area (Å²) in [7, 11) is 0. The third-order valence-electron chi connectivity index (χ3n) is 3.45. The van der Waals surface area contributed by atoms with Gasteiger partial charge in [-0.1, -0.05) is 24.4 Å². The lowest BCUT2D eigenvalue weighted by molar-refractivity contribution is 0.465. The minimum Gasteiger partial charge on any atom is -0.315 e. The van der Waals surface area contributed by atoms with Crippen molar-refractivity contribution < 1.29 is 0 Å². The van der Waals surface area contributed by atoms with Crippen molar-refractivity contribution in [3.05, 3.63) is 16.9 Å². The third kappa shape index (κ3) is 2.98. The molecule has 1 aliphatic carbocycles. The van der Waals surface area contributed by atoms with Crippen LogP contribution in [0.15, 0.2) is 6.20 Å². The van der Waals surface area contributed by atoms with Gasteiger partial charge in [-0.25, -0.2) is 0 Å². The molecule has 90 valence electrons. The molecule has 0 bridgehead atoms. The van der Waals surface area contributed by atoms with Gasteiger partial charge in [0.25, 0.3) is 0 Å². The van der Waals surface area contributed by atoms with Crippen molar-refractivity contribution >= 4 is 11.6 Å². The standard InChI is InChI=1S/C12H20ClN3/c1-10-12(13)9-15-16(10)7-6-14-8-11-4-2-3-5-11/h9,11,14H,2-8H2,1H3. The van der Waals surface area contributed by atoms with Gasteiger partial charge in [-0.3, -0.25) is 4.68 Å². The number of hydrogen-bond donors (Lipinski definition) is 1. The maximum Gasteiger partial charge on any atom is 0.0814 e. The molecule has 2 rings (SSSR count).